The summed E-state index contributed by atoms with van der Waals surface area (Å²) >= 11 is 0. The SMILES string of the molecule is CC1CCCCN1CC1CCCN(C(=O)CC2(CN)CCCCC2)C1. The van der Waals surface area contributed by atoms with Crippen LogP contribution in [0.2, 0.25) is 0 Å². The van der Waals surface area contributed by atoms with Gasteiger partial charge in [0, 0.05) is 32.1 Å². The lowest BCUT2D eigenvalue weighted by molar-refractivity contribution is -0.136. The first-order chi connectivity index (χ1) is 12.1. The first-order valence-electron chi connectivity index (χ1n) is 10.8. The van der Waals surface area contributed by atoms with E-state index in [9.17, 15) is 4.79 Å². The van der Waals surface area contributed by atoms with E-state index in [2.05, 4.69) is 16.7 Å². The van der Waals surface area contributed by atoms with E-state index in [1.165, 1.54) is 64.5 Å². The highest BCUT2D eigenvalue weighted by Crippen LogP contribution is 2.39. The van der Waals surface area contributed by atoms with Crippen LogP contribution in [0.1, 0.15) is 77.6 Å². The number of amides is 1. The maximum absolute atomic E-state index is 13.0. The highest BCUT2D eigenvalue weighted by molar-refractivity contribution is 5.77. The molecule has 4 heteroatoms. The molecule has 0 bridgehead atoms. The number of hydrogen-bond acceptors (Lipinski definition) is 3. The van der Waals surface area contributed by atoms with E-state index in [0.29, 0.717) is 24.8 Å². The molecule has 3 fully saturated rings. The van der Waals surface area contributed by atoms with E-state index in [1.54, 1.807) is 0 Å². The number of hydrogen-bond donors (Lipinski definition) is 1. The van der Waals surface area contributed by atoms with Crippen molar-refractivity contribution in [2.24, 2.45) is 17.1 Å². The second-order valence-electron chi connectivity index (χ2n) is 9.13. The van der Waals surface area contributed by atoms with Crippen LogP contribution in [0.5, 0.6) is 0 Å². The third-order valence-corrected chi connectivity index (χ3v) is 7.18. The summed E-state index contributed by atoms with van der Waals surface area (Å²) < 4.78 is 0. The van der Waals surface area contributed by atoms with Gasteiger partial charge in [0.25, 0.3) is 0 Å². The van der Waals surface area contributed by atoms with Crippen molar-refractivity contribution >= 4 is 5.91 Å². The molecule has 3 rings (SSSR count). The maximum atomic E-state index is 13.0. The van der Waals surface area contributed by atoms with E-state index >= 15 is 0 Å². The zero-order valence-corrected chi connectivity index (χ0v) is 16.3. The zero-order chi connectivity index (χ0) is 17.7. The number of carbonyl (C=O) groups is 1. The highest BCUT2D eigenvalue weighted by Gasteiger charge is 2.35. The van der Waals surface area contributed by atoms with Crippen LogP contribution < -0.4 is 5.73 Å². The van der Waals surface area contributed by atoms with Crippen molar-refractivity contribution < 1.29 is 4.79 Å². The molecule has 0 aromatic heterocycles. The van der Waals surface area contributed by atoms with Gasteiger partial charge in [-0.3, -0.25) is 4.79 Å². The van der Waals surface area contributed by atoms with Crippen LogP contribution in [-0.4, -0.2) is 54.5 Å². The van der Waals surface area contributed by atoms with Gasteiger partial charge in [0.15, 0.2) is 0 Å². The van der Waals surface area contributed by atoms with Crippen LogP contribution in [0.15, 0.2) is 0 Å². The van der Waals surface area contributed by atoms with E-state index < -0.39 is 0 Å². The molecule has 144 valence electrons. The van der Waals surface area contributed by atoms with Crippen LogP contribution in [0.25, 0.3) is 0 Å². The summed E-state index contributed by atoms with van der Waals surface area (Å²) in [6.45, 7) is 7.43. The van der Waals surface area contributed by atoms with Gasteiger partial charge in [0.2, 0.25) is 5.91 Å². The molecule has 2 N–H and O–H groups in total. The Bertz CT molecular complexity index is 433. The molecule has 2 aliphatic heterocycles. The van der Waals surface area contributed by atoms with E-state index in [1.807, 2.05) is 0 Å². The molecule has 0 spiro atoms. The Balaban J connectivity index is 1.52. The van der Waals surface area contributed by atoms with Gasteiger partial charge >= 0.3 is 0 Å². The molecule has 25 heavy (non-hydrogen) atoms. The predicted molar refractivity (Wildman–Crippen MR) is 103 cm³/mol. The van der Waals surface area contributed by atoms with Crippen LogP contribution in [-0.2, 0) is 4.79 Å². The largest absolute Gasteiger partial charge is 0.342 e. The normalized spacial score (nSPS) is 31.0. The quantitative estimate of drug-likeness (QED) is 0.827. The van der Waals surface area contributed by atoms with Crippen LogP contribution >= 0.6 is 0 Å². The maximum Gasteiger partial charge on any atom is 0.223 e. The summed E-state index contributed by atoms with van der Waals surface area (Å²) in [4.78, 5) is 17.8. The molecule has 2 saturated heterocycles. The Hall–Kier alpha value is -0.610. The van der Waals surface area contributed by atoms with E-state index in [0.717, 1.165) is 32.0 Å². The standard InChI is InChI=1S/C21H39N3O/c1-18-8-3-6-12-23(18)15-19-9-7-13-24(16-19)20(25)14-21(17-22)10-4-2-5-11-21/h18-19H,2-17,22H2,1H3. The molecule has 1 amide bonds. The van der Waals surface area contributed by atoms with Crippen molar-refractivity contribution in [3.05, 3.63) is 0 Å². The van der Waals surface area contributed by atoms with Crippen molar-refractivity contribution in [3.63, 3.8) is 0 Å². The molecule has 4 nitrogen and oxygen atoms in total. The topological polar surface area (TPSA) is 49.6 Å². The van der Waals surface area contributed by atoms with Crippen molar-refractivity contribution in [1.82, 2.24) is 9.80 Å². The number of nitrogens with two attached hydrogens (primary N) is 1. The van der Waals surface area contributed by atoms with Gasteiger partial charge in [-0.05, 0) is 69.9 Å². The molecule has 0 aromatic rings. The smallest absolute Gasteiger partial charge is 0.223 e. The summed E-state index contributed by atoms with van der Waals surface area (Å²) in [6, 6.07) is 0.725. The fourth-order valence-corrected chi connectivity index (χ4v) is 5.39. The number of likely N-dealkylation sites (tertiary alicyclic amines) is 2. The lowest BCUT2D eigenvalue weighted by atomic mass is 9.71. The second-order valence-corrected chi connectivity index (χ2v) is 9.13. The third-order valence-electron chi connectivity index (χ3n) is 7.18. The average Bonchev–Trinajstić information content (AvgIpc) is 2.64. The number of rotatable bonds is 5. The first kappa shape index (κ1) is 19.2. The van der Waals surface area contributed by atoms with Crippen LogP contribution in [0.4, 0.5) is 0 Å². The fraction of sp³-hybridized carbons (Fsp3) is 0.952. The summed E-state index contributed by atoms with van der Waals surface area (Å²) in [6.07, 6.45) is 13.3. The number of carbonyl (C=O) groups excluding carboxylic acids is 1. The lowest BCUT2D eigenvalue weighted by Crippen LogP contribution is -2.48. The molecule has 2 heterocycles. The molecule has 2 unspecified atom stereocenters. The Labute approximate surface area is 154 Å². The van der Waals surface area contributed by atoms with Gasteiger partial charge in [-0.15, -0.1) is 0 Å². The van der Waals surface area contributed by atoms with E-state index in [4.69, 9.17) is 5.73 Å². The lowest BCUT2D eigenvalue weighted by Gasteiger charge is -2.41. The molecule has 0 radical (unpaired) electrons. The summed E-state index contributed by atoms with van der Waals surface area (Å²) in [5.74, 6) is 1.04. The second kappa shape index (κ2) is 8.85. The van der Waals surface area contributed by atoms with Crippen LogP contribution in [0.3, 0.4) is 0 Å². The van der Waals surface area contributed by atoms with Crippen molar-refractivity contribution in [2.45, 2.75) is 83.6 Å². The Morgan fingerprint density at radius 3 is 2.56 bits per heavy atom. The monoisotopic (exact) mass is 349 g/mol. The van der Waals surface area contributed by atoms with Gasteiger partial charge in [0.05, 0.1) is 0 Å². The van der Waals surface area contributed by atoms with Gasteiger partial charge in [0.1, 0.15) is 0 Å². The van der Waals surface area contributed by atoms with Crippen molar-refractivity contribution in [1.29, 1.82) is 0 Å². The molecular weight excluding hydrogens is 310 g/mol. The minimum Gasteiger partial charge on any atom is -0.342 e. The third kappa shape index (κ3) is 4.97. The Morgan fingerprint density at radius 2 is 1.84 bits per heavy atom. The first-order valence-corrected chi connectivity index (χ1v) is 10.8. The Kier molecular flexibility index (Phi) is 6.79. The molecule has 0 aromatic carbocycles. The predicted octanol–water partition coefficient (Wildman–Crippen LogP) is 3.40. The van der Waals surface area contributed by atoms with Crippen molar-refractivity contribution in [2.75, 3.05) is 32.7 Å². The zero-order valence-electron chi connectivity index (χ0n) is 16.3. The molecule has 1 saturated carbocycles. The number of piperidine rings is 2. The van der Waals surface area contributed by atoms with Crippen LogP contribution in [0, 0.1) is 11.3 Å². The molecule has 3 aliphatic rings. The average molecular weight is 350 g/mol. The fourth-order valence-electron chi connectivity index (χ4n) is 5.39. The number of nitrogens with zero attached hydrogens (tertiary/aromatic N) is 2. The molecule has 2 atom stereocenters. The minimum atomic E-state index is 0.101. The molecular formula is C21H39N3O. The minimum absolute atomic E-state index is 0.101. The summed E-state index contributed by atoms with van der Waals surface area (Å²) in [5, 5.41) is 0. The summed E-state index contributed by atoms with van der Waals surface area (Å²) in [5.41, 5.74) is 6.21. The Morgan fingerprint density at radius 1 is 1.04 bits per heavy atom. The van der Waals surface area contributed by atoms with Crippen molar-refractivity contribution in [3.8, 4) is 0 Å². The van der Waals surface area contributed by atoms with Gasteiger partial charge in [-0.1, -0.05) is 25.7 Å². The van der Waals surface area contributed by atoms with E-state index in [-0.39, 0.29) is 5.41 Å². The van der Waals surface area contributed by atoms with Gasteiger partial charge < -0.3 is 15.5 Å². The highest BCUT2D eigenvalue weighted by atomic mass is 16.2. The van der Waals surface area contributed by atoms with Gasteiger partial charge in [-0.25, -0.2) is 0 Å². The van der Waals surface area contributed by atoms with Gasteiger partial charge in [-0.2, -0.15) is 0 Å². The molecule has 1 aliphatic carbocycles. The summed E-state index contributed by atoms with van der Waals surface area (Å²) in [7, 11) is 0.